The standard InChI is InChI=1S/C19H29BO3/c1-17(2,3)13-16(21)12-14-9-8-10-15(11-14)20-22-18(4,5)19(6,7)23-20/h8-11H,12-13H2,1-7H3. The van der Waals surface area contributed by atoms with Gasteiger partial charge in [-0.05, 0) is 44.1 Å². The summed E-state index contributed by atoms with van der Waals surface area (Å²) in [6, 6.07) is 8.00. The highest BCUT2D eigenvalue weighted by atomic mass is 16.7. The van der Waals surface area contributed by atoms with Crippen LogP contribution >= 0.6 is 0 Å². The molecule has 1 aromatic carbocycles. The number of benzene rings is 1. The lowest BCUT2D eigenvalue weighted by molar-refractivity contribution is -0.120. The molecule has 0 amide bonds. The molecule has 0 bridgehead atoms. The minimum absolute atomic E-state index is 0.0282. The fourth-order valence-electron chi connectivity index (χ4n) is 2.71. The Bertz CT molecular complexity index is 569. The number of carbonyl (C=O) groups is 1. The summed E-state index contributed by atoms with van der Waals surface area (Å²) in [4.78, 5) is 12.2. The van der Waals surface area contributed by atoms with E-state index in [9.17, 15) is 4.79 Å². The number of hydrogen-bond acceptors (Lipinski definition) is 3. The molecule has 1 heterocycles. The summed E-state index contributed by atoms with van der Waals surface area (Å²) in [5.74, 6) is 0.267. The van der Waals surface area contributed by atoms with Crippen LogP contribution in [0.15, 0.2) is 24.3 Å². The highest BCUT2D eigenvalue weighted by molar-refractivity contribution is 6.62. The molecular weight excluding hydrogens is 287 g/mol. The first-order valence-corrected chi connectivity index (χ1v) is 8.36. The van der Waals surface area contributed by atoms with E-state index in [1.54, 1.807) is 0 Å². The van der Waals surface area contributed by atoms with Crippen LogP contribution in [0, 0.1) is 5.41 Å². The van der Waals surface area contributed by atoms with Crippen LogP contribution in [0.4, 0.5) is 0 Å². The third-order valence-corrected chi connectivity index (χ3v) is 4.61. The van der Waals surface area contributed by atoms with E-state index in [2.05, 4.69) is 20.8 Å². The van der Waals surface area contributed by atoms with Crippen LogP contribution in [-0.2, 0) is 20.5 Å². The molecule has 0 aromatic heterocycles. The predicted molar refractivity (Wildman–Crippen MR) is 94.9 cm³/mol. The second-order valence-corrected chi connectivity index (χ2v) is 8.79. The molecule has 1 saturated heterocycles. The Morgan fingerprint density at radius 2 is 1.65 bits per heavy atom. The van der Waals surface area contributed by atoms with Crippen molar-refractivity contribution in [3.63, 3.8) is 0 Å². The Morgan fingerprint density at radius 1 is 1.09 bits per heavy atom. The van der Waals surface area contributed by atoms with E-state index in [1.165, 1.54) is 0 Å². The zero-order valence-corrected chi connectivity index (χ0v) is 15.5. The van der Waals surface area contributed by atoms with Crippen LogP contribution in [0.5, 0.6) is 0 Å². The zero-order valence-electron chi connectivity index (χ0n) is 15.5. The van der Waals surface area contributed by atoms with Crippen molar-refractivity contribution in [2.75, 3.05) is 0 Å². The first kappa shape index (κ1) is 18.2. The fourth-order valence-corrected chi connectivity index (χ4v) is 2.71. The van der Waals surface area contributed by atoms with Crippen molar-refractivity contribution in [1.82, 2.24) is 0 Å². The van der Waals surface area contributed by atoms with Gasteiger partial charge in [0.05, 0.1) is 11.2 Å². The van der Waals surface area contributed by atoms with Gasteiger partial charge in [-0.3, -0.25) is 4.79 Å². The summed E-state index contributed by atoms with van der Waals surface area (Å²) in [6.45, 7) is 14.4. The Labute approximate surface area is 140 Å². The molecule has 0 atom stereocenters. The lowest BCUT2D eigenvalue weighted by atomic mass is 9.78. The van der Waals surface area contributed by atoms with Crippen molar-refractivity contribution in [3.8, 4) is 0 Å². The maximum absolute atomic E-state index is 12.2. The molecule has 0 unspecified atom stereocenters. The minimum atomic E-state index is -0.377. The lowest BCUT2D eigenvalue weighted by Gasteiger charge is -2.32. The van der Waals surface area contributed by atoms with Crippen LogP contribution < -0.4 is 5.46 Å². The van der Waals surface area contributed by atoms with Gasteiger partial charge in [0.2, 0.25) is 0 Å². The molecule has 4 heteroatoms. The number of rotatable bonds is 4. The molecule has 1 aromatic rings. The molecule has 1 aliphatic rings. The van der Waals surface area contributed by atoms with Gasteiger partial charge in [0, 0.05) is 12.8 Å². The third-order valence-electron chi connectivity index (χ3n) is 4.61. The van der Waals surface area contributed by atoms with Gasteiger partial charge in [-0.25, -0.2) is 0 Å². The van der Waals surface area contributed by atoms with E-state index in [4.69, 9.17) is 9.31 Å². The second-order valence-electron chi connectivity index (χ2n) is 8.79. The number of carbonyl (C=O) groups excluding carboxylic acids is 1. The normalized spacial score (nSPS) is 19.9. The highest BCUT2D eigenvalue weighted by Crippen LogP contribution is 2.36. The van der Waals surface area contributed by atoms with Crippen LogP contribution in [0.25, 0.3) is 0 Å². The van der Waals surface area contributed by atoms with Gasteiger partial charge < -0.3 is 9.31 Å². The van der Waals surface area contributed by atoms with Crippen LogP contribution in [-0.4, -0.2) is 24.1 Å². The Balaban J connectivity index is 2.11. The summed E-state index contributed by atoms with van der Waals surface area (Å²) >= 11 is 0. The molecule has 126 valence electrons. The van der Waals surface area contributed by atoms with E-state index in [0.29, 0.717) is 12.8 Å². The fraction of sp³-hybridized carbons (Fsp3) is 0.632. The van der Waals surface area contributed by atoms with Gasteiger partial charge in [0.1, 0.15) is 5.78 Å². The minimum Gasteiger partial charge on any atom is -0.399 e. The van der Waals surface area contributed by atoms with Gasteiger partial charge in [0.25, 0.3) is 0 Å². The molecule has 0 radical (unpaired) electrons. The average Bonchev–Trinajstić information content (AvgIpc) is 2.56. The van der Waals surface area contributed by atoms with Crippen LogP contribution in [0.1, 0.15) is 60.5 Å². The molecule has 0 N–H and O–H groups in total. The van der Waals surface area contributed by atoms with Crippen molar-refractivity contribution < 1.29 is 14.1 Å². The molecule has 0 spiro atoms. The molecule has 2 rings (SSSR count). The summed E-state index contributed by atoms with van der Waals surface area (Å²) < 4.78 is 12.2. The van der Waals surface area contributed by atoms with E-state index < -0.39 is 0 Å². The summed E-state index contributed by atoms with van der Waals surface area (Å²) in [7, 11) is -0.377. The lowest BCUT2D eigenvalue weighted by Crippen LogP contribution is -2.41. The number of ketones is 1. The predicted octanol–water partition coefficient (Wildman–Crippen LogP) is 3.53. The highest BCUT2D eigenvalue weighted by Gasteiger charge is 2.51. The molecule has 0 aliphatic carbocycles. The number of Topliss-reactive ketones (excluding diaryl/α,β-unsaturated/α-hetero) is 1. The topological polar surface area (TPSA) is 35.5 Å². The largest absolute Gasteiger partial charge is 0.494 e. The molecule has 1 fully saturated rings. The van der Waals surface area contributed by atoms with Crippen molar-refractivity contribution in [1.29, 1.82) is 0 Å². The van der Waals surface area contributed by atoms with Crippen LogP contribution in [0.3, 0.4) is 0 Å². The Morgan fingerprint density at radius 3 is 2.17 bits per heavy atom. The van der Waals surface area contributed by atoms with E-state index in [0.717, 1.165) is 11.0 Å². The molecular formula is C19H29BO3. The van der Waals surface area contributed by atoms with E-state index in [-0.39, 0.29) is 29.5 Å². The van der Waals surface area contributed by atoms with Gasteiger partial charge in [0.15, 0.2) is 0 Å². The molecule has 3 nitrogen and oxygen atoms in total. The first-order valence-electron chi connectivity index (χ1n) is 8.36. The van der Waals surface area contributed by atoms with Gasteiger partial charge in [-0.1, -0.05) is 45.0 Å². The van der Waals surface area contributed by atoms with E-state index in [1.807, 2.05) is 52.0 Å². The zero-order chi connectivity index (χ0) is 17.5. The summed E-state index contributed by atoms with van der Waals surface area (Å²) in [5, 5.41) is 0. The SMILES string of the molecule is CC(C)(C)CC(=O)Cc1cccc(B2OC(C)(C)C(C)(C)O2)c1. The van der Waals surface area contributed by atoms with Gasteiger partial charge in [-0.15, -0.1) is 0 Å². The van der Waals surface area contributed by atoms with Crippen molar-refractivity contribution in [3.05, 3.63) is 29.8 Å². The molecule has 0 saturated carbocycles. The molecule has 1 aliphatic heterocycles. The smallest absolute Gasteiger partial charge is 0.399 e. The Hall–Kier alpha value is -1.13. The van der Waals surface area contributed by atoms with E-state index >= 15 is 0 Å². The summed E-state index contributed by atoms with van der Waals surface area (Å²) in [5.41, 5.74) is 1.32. The maximum atomic E-state index is 12.2. The number of hydrogen-bond donors (Lipinski definition) is 0. The van der Waals surface area contributed by atoms with Crippen molar-refractivity contribution >= 4 is 18.4 Å². The third kappa shape index (κ3) is 4.45. The quantitative estimate of drug-likeness (QED) is 0.797. The second kappa shape index (κ2) is 6.06. The summed E-state index contributed by atoms with van der Waals surface area (Å²) in [6.07, 6.45) is 1.05. The van der Waals surface area contributed by atoms with Gasteiger partial charge in [-0.2, -0.15) is 0 Å². The molecule has 23 heavy (non-hydrogen) atoms. The van der Waals surface area contributed by atoms with Crippen molar-refractivity contribution in [2.24, 2.45) is 5.41 Å². The van der Waals surface area contributed by atoms with Crippen molar-refractivity contribution in [2.45, 2.75) is 72.5 Å². The monoisotopic (exact) mass is 316 g/mol. The van der Waals surface area contributed by atoms with Crippen LogP contribution in [0.2, 0.25) is 0 Å². The van der Waals surface area contributed by atoms with Gasteiger partial charge >= 0.3 is 7.12 Å². The first-order chi connectivity index (χ1) is 10.4. The average molecular weight is 316 g/mol. The maximum Gasteiger partial charge on any atom is 0.494 e. The Kier molecular flexibility index (Phi) is 4.80.